The molecule has 130 valence electrons. The molecule has 0 bridgehead atoms. The van der Waals surface area contributed by atoms with Gasteiger partial charge in [0.05, 0.1) is 9.11 Å². The Morgan fingerprint density at radius 3 is 2.64 bits per heavy atom. The van der Waals surface area contributed by atoms with Crippen LogP contribution in [-0.4, -0.2) is 29.1 Å². The van der Waals surface area contributed by atoms with Crippen LogP contribution in [0, 0.1) is 0 Å². The van der Waals surface area contributed by atoms with E-state index in [0.717, 1.165) is 24.9 Å². The molecule has 1 aromatic carbocycles. The molecule has 0 aliphatic carbocycles. The fourth-order valence-corrected chi connectivity index (χ4v) is 5.62. The van der Waals surface area contributed by atoms with Gasteiger partial charge in [-0.05, 0) is 68.1 Å². The van der Waals surface area contributed by atoms with Crippen molar-refractivity contribution in [3.05, 3.63) is 51.2 Å². The molecule has 2 heterocycles. The van der Waals surface area contributed by atoms with Gasteiger partial charge < -0.3 is 0 Å². The van der Waals surface area contributed by atoms with E-state index >= 15 is 0 Å². The van der Waals surface area contributed by atoms with Crippen LogP contribution in [0.2, 0.25) is 5.02 Å². The summed E-state index contributed by atoms with van der Waals surface area (Å²) in [5, 5.41) is 1.54. The van der Waals surface area contributed by atoms with E-state index in [9.17, 15) is 4.79 Å². The molecular formula is C18H17ClN2OS3. The zero-order valence-electron chi connectivity index (χ0n) is 13.9. The topological polar surface area (TPSA) is 32.7 Å². The summed E-state index contributed by atoms with van der Waals surface area (Å²) in [6.45, 7) is 5.27. The van der Waals surface area contributed by atoms with E-state index in [2.05, 4.69) is 17.1 Å². The predicted molar refractivity (Wildman–Crippen MR) is 111 cm³/mol. The molecule has 0 atom stereocenters. The highest BCUT2D eigenvalue weighted by Gasteiger charge is 2.31. The number of thiophene rings is 1. The van der Waals surface area contributed by atoms with Gasteiger partial charge in [0, 0.05) is 27.9 Å². The van der Waals surface area contributed by atoms with Gasteiger partial charge in [-0.25, -0.2) is 0 Å². The average molecular weight is 409 g/mol. The van der Waals surface area contributed by atoms with Gasteiger partial charge in [-0.2, -0.15) is 0 Å². The van der Waals surface area contributed by atoms with Gasteiger partial charge in [0.1, 0.15) is 0 Å². The van der Waals surface area contributed by atoms with Crippen molar-refractivity contribution in [2.45, 2.75) is 23.0 Å². The number of nitrogens with zero attached hydrogens (tertiary/aromatic N) is 2. The standard InChI is InChI=1S/C18H17ClN2OS3/c1-3-20-18-21(4-2)17(22)15(25-18)11-14-9-10-16(24-14)23-13-7-5-12(19)6-8-13/h5-11H,3-4H2,1-2H3. The minimum Gasteiger partial charge on any atom is -0.287 e. The molecule has 1 amide bonds. The highest BCUT2D eigenvalue weighted by molar-refractivity contribution is 8.18. The first-order valence-corrected chi connectivity index (χ1v) is 10.7. The van der Waals surface area contributed by atoms with E-state index in [0.29, 0.717) is 13.1 Å². The number of carbonyl (C=O) groups is 1. The first kappa shape index (κ1) is 18.6. The number of amides is 1. The molecule has 3 nitrogen and oxygen atoms in total. The third-order valence-corrected chi connectivity index (χ3v) is 6.87. The van der Waals surface area contributed by atoms with E-state index in [-0.39, 0.29) is 5.91 Å². The van der Waals surface area contributed by atoms with E-state index in [1.54, 1.807) is 28.0 Å². The van der Waals surface area contributed by atoms with Gasteiger partial charge in [-0.1, -0.05) is 23.4 Å². The molecule has 7 heteroatoms. The van der Waals surface area contributed by atoms with E-state index < -0.39 is 0 Å². The number of benzene rings is 1. The summed E-state index contributed by atoms with van der Waals surface area (Å²) in [6.07, 6.45) is 1.96. The van der Waals surface area contributed by atoms with Crippen LogP contribution in [0.25, 0.3) is 6.08 Å². The lowest BCUT2D eigenvalue weighted by molar-refractivity contribution is -0.122. The van der Waals surface area contributed by atoms with Crippen molar-refractivity contribution in [3.8, 4) is 0 Å². The number of aliphatic imine (C=N–C) groups is 1. The molecule has 0 radical (unpaired) electrons. The van der Waals surface area contributed by atoms with Crippen LogP contribution in [0.1, 0.15) is 18.7 Å². The minimum atomic E-state index is 0.0417. The van der Waals surface area contributed by atoms with E-state index in [4.69, 9.17) is 11.6 Å². The highest BCUT2D eigenvalue weighted by atomic mass is 35.5. The van der Waals surface area contributed by atoms with Crippen LogP contribution in [0.15, 0.2) is 55.4 Å². The Bertz CT molecular complexity index is 827. The maximum absolute atomic E-state index is 12.5. The third-order valence-electron chi connectivity index (χ3n) is 3.41. The quantitative estimate of drug-likeness (QED) is 0.580. The van der Waals surface area contributed by atoms with Gasteiger partial charge in [0.15, 0.2) is 5.17 Å². The lowest BCUT2D eigenvalue weighted by atomic mass is 10.4. The van der Waals surface area contributed by atoms with E-state index in [1.807, 2.05) is 44.2 Å². The van der Waals surface area contributed by atoms with Gasteiger partial charge >= 0.3 is 0 Å². The number of rotatable bonds is 5. The molecule has 0 spiro atoms. The summed E-state index contributed by atoms with van der Waals surface area (Å²) in [7, 11) is 0. The molecule has 1 aromatic heterocycles. The van der Waals surface area contributed by atoms with Crippen molar-refractivity contribution < 1.29 is 4.79 Å². The number of amidine groups is 1. The fourth-order valence-electron chi connectivity index (χ4n) is 2.25. The van der Waals surface area contributed by atoms with Crippen LogP contribution in [0.5, 0.6) is 0 Å². The lowest BCUT2D eigenvalue weighted by Crippen LogP contribution is -2.28. The first-order chi connectivity index (χ1) is 12.1. The molecule has 1 aliphatic heterocycles. The molecule has 1 fully saturated rings. The van der Waals surface area contributed by atoms with Crippen LogP contribution >= 0.6 is 46.5 Å². The summed E-state index contributed by atoms with van der Waals surface area (Å²) >= 11 is 10.7. The Labute approximate surface area is 165 Å². The van der Waals surface area contributed by atoms with Gasteiger partial charge in [-0.3, -0.25) is 14.7 Å². The predicted octanol–water partition coefficient (Wildman–Crippen LogP) is 5.86. The number of halogens is 1. The summed E-state index contributed by atoms with van der Waals surface area (Å²) < 4.78 is 1.18. The van der Waals surface area contributed by atoms with Crippen LogP contribution < -0.4 is 0 Å². The third kappa shape index (κ3) is 4.50. The average Bonchev–Trinajstić information content (AvgIpc) is 3.15. The van der Waals surface area contributed by atoms with Gasteiger partial charge in [0.25, 0.3) is 5.91 Å². The summed E-state index contributed by atoms with van der Waals surface area (Å²) in [4.78, 5) is 21.6. The highest BCUT2D eigenvalue weighted by Crippen LogP contribution is 2.37. The molecule has 0 N–H and O–H groups in total. The molecule has 0 unspecified atom stereocenters. The Morgan fingerprint density at radius 1 is 1.20 bits per heavy atom. The summed E-state index contributed by atoms with van der Waals surface area (Å²) in [5.41, 5.74) is 0. The zero-order chi connectivity index (χ0) is 17.8. The fraction of sp³-hybridized carbons (Fsp3) is 0.222. The molecular weight excluding hydrogens is 392 g/mol. The van der Waals surface area contributed by atoms with Crippen molar-refractivity contribution in [2.75, 3.05) is 13.1 Å². The Hall–Kier alpha value is -1.21. The second-order valence-electron chi connectivity index (χ2n) is 5.13. The maximum atomic E-state index is 12.5. The molecule has 3 rings (SSSR count). The SMILES string of the molecule is CCN=C1SC(=Cc2ccc(Sc3ccc(Cl)cc3)s2)C(=O)N1CC. The van der Waals surface area contributed by atoms with Crippen LogP contribution in [-0.2, 0) is 4.79 Å². The minimum absolute atomic E-state index is 0.0417. The number of likely N-dealkylation sites (N-methyl/N-ethyl adjacent to an activating group) is 1. The number of thioether (sulfide) groups is 1. The number of carbonyl (C=O) groups excluding carboxylic acids is 1. The second kappa shape index (κ2) is 8.45. The summed E-state index contributed by atoms with van der Waals surface area (Å²) in [6, 6.07) is 11.9. The molecule has 1 saturated heterocycles. The maximum Gasteiger partial charge on any atom is 0.266 e. The first-order valence-electron chi connectivity index (χ1n) is 7.89. The molecule has 1 aliphatic rings. The molecule has 25 heavy (non-hydrogen) atoms. The molecule has 0 saturated carbocycles. The van der Waals surface area contributed by atoms with Gasteiger partial charge in [0.2, 0.25) is 0 Å². The van der Waals surface area contributed by atoms with Crippen LogP contribution in [0.3, 0.4) is 0 Å². The number of hydrogen-bond donors (Lipinski definition) is 0. The normalized spacial score (nSPS) is 17.9. The van der Waals surface area contributed by atoms with Crippen molar-refractivity contribution in [2.24, 2.45) is 4.99 Å². The van der Waals surface area contributed by atoms with E-state index in [1.165, 1.54) is 16.0 Å². The smallest absolute Gasteiger partial charge is 0.266 e. The molecule has 2 aromatic rings. The second-order valence-corrected chi connectivity index (χ2v) is 9.06. The Morgan fingerprint density at radius 2 is 1.96 bits per heavy atom. The van der Waals surface area contributed by atoms with Crippen molar-refractivity contribution in [1.82, 2.24) is 4.90 Å². The Balaban J connectivity index is 1.76. The lowest BCUT2D eigenvalue weighted by Gasteiger charge is -2.11. The Kier molecular flexibility index (Phi) is 6.28. The monoisotopic (exact) mass is 408 g/mol. The van der Waals surface area contributed by atoms with Crippen molar-refractivity contribution >= 4 is 63.6 Å². The van der Waals surface area contributed by atoms with Crippen molar-refractivity contribution in [1.29, 1.82) is 0 Å². The zero-order valence-corrected chi connectivity index (χ0v) is 17.1. The number of hydrogen-bond acceptors (Lipinski definition) is 5. The van der Waals surface area contributed by atoms with Crippen molar-refractivity contribution in [3.63, 3.8) is 0 Å². The van der Waals surface area contributed by atoms with Crippen LogP contribution in [0.4, 0.5) is 0 Å². The summed E-state index contributed by atoms with van der Waals surface area (Å²) in [5.74, 6) is 0.0417. The van der Waals surface area contributed by atoms with Gasteiger partial charge in [-0.15, -0.1) is 11.3 Å². The largest absolute Gasteiger partial charge is 0.287 e.